The van der Waals surface area contributed by atoms with E-state index in [2.05, 4.69) is 51.2 Å². The van der Waals surface area contributed by atoms with Gasteiger partial charge in [0.05, 0.1) is 6.54 Å². The Labute approximate surface area is 250 Å². The van der Waals surface area contributed by atoms with Gasteiger partial charge >= 0.3 is 12.1 Å². The molecule has 2 amide bonds. The number of rotatable bonds is 13. The average Bonchev–Trinajstić information content (AvgIpc) is 2.88. The first kappa shape index (κ1) is 34.2. The van der Waals surface area contributed by atoms with Crippen LogP contribution in [-0.4, -0.2) is 57.2 Å². The van der Waals surface area contributed by atoms with Gasteiger partial charge in [0, 0.05) is 17.9 Å². The summed E-state index contributed by atoms with van der Waals surface area (Å²) in [5.41, 5.74) is 5.20. The molecule has 1 heterocycles. The number of fused-ring (bicyclic) bond motifs is 1. The van der Waals surface area contributed by atoms with E-state index < -0.39 is 35.7 Å². The van der Waals surface area contributed by atoms with Crippen molar-refractivity contribution in [3.63, 3.8) is 0 Å². The van der Waals surface area contributed by atoms with E-state index in [1.54, 1.807) is 20.8 Å². The molecule has 7 nitrogen and oxygen atoms in total. The van der Waals surface area contributed by atoms with Crippen molar-refractivity contribution in [1.29, 1.82) is 0 Å². The summed E-state index contributed by atoms with van der Waals surface area (Å²) in [6.45, 7) is 14.1. The number of hydrogen-bond donors (Lipinski definition) is 2. The zero-order valence-corrected chi connectivity index (χ0v) is 26.6. The van der Waals surface area contributed by atoms with Gasteiger partial charge in [-0.2, -0.15) is 11.8 Å². The third-order valence-electron chi connectivity index (χ3n) is 6.75. The Hall–Kier alpha value is -3.00. The molecule has 41 heavy (non-hydrogen) atoms. The van der Waals surface area contributed by atoms with Crippen molar-refractivity contribution in [3.8, 4) is 0 Å². The molecule has 2 N–H and O–H groups in total. The van der Waals surface area contributed by atoms with Gasteiger partial charge in [0.15, 0.2) is 0 Å². The third-order valence-corrected chi connectivity index (χ3v) is 7.72. The fraction of sp³-hybridized carbons (Fsp3) is 0.545. The van der Waals surface area contributed by atoms with Gasteiger partial charge in [0.2, 0.25) is 5.91 Å². The second-order valence-corrected chi connectivity index (χ2v) is 13.1. The van der Waals surface area contributed by atoms with Crippen LogP contribution >= 0.6 is 11.8 Å². The second kappa shape index (κ2) is 16.4. The highest BCUT2D eigenvalue weighted by molar-refractivity contribution is 7.99. The van der Waals surface area contributed by atoms with E-state index in [1.165, 1.54) is 33.4 Å². The molecule has 0 saturated carbocycles. The van der Waals surface area contributed by atoms with E-state index in [0.717, 1.165) is 36.8 Å². The van der Waals surface area contributed by atoms with Gasteiger partial charge < -0.3 is 15.2 Å². The van der Waals surface area contributed by atoms with Crippen LogP contribution in [0.15, 0.2) is 59.2 Å². The van der Waals surface area contributed by atoms with E-state index >= 15 is 0 Å². The Bertz CT molecular complexity index is 1140. The molecule has 1 aliphatic heterocycles. The summed E-state index contributed by atoms with van der Waals surface area (Å²) >= 11 is 1.46. The lowest BCUT2D eigenvalue weighted by molar-refractivity contribution is -0.142. The predicted octanol–water partition coefficient (Wildman–Crippen LogP) is 7.07. The monoisotopic (exact) mass is 584 g/mol. The minimum atomic E-state index is -1.10. The van der Waals surface area contributed by atoms with Crippen LogP contribution in [0.4, 0.5) is 4.79 Å². The first-order chi connectivity index (χ1) is 19.3. The van der Waals surface area contributed by atoms with Crippen LogP contribution in [-0.2, 0) is 27.3 Å². The SMILES string of the molecule is CC(C)=CCC/C(C)=C/CC/C(C)=C/CSCC(NC(=O)C1Cc2ccccc2CN1C(=O)OC(C)(C)C)C(=O)O. The standard InChI is InChI=1S/C33H48N2O5S/c1-23(2)12-10-13-24(3)14-11-15-25(4)18-19-41-22-28(31(37)38)34-30(36)29-20-26-16-8-9-17-27(26)21-35(29)32(39)40-33(5,6)7/h8-9,12,14,16-18,28-29H,10-11,13,15,19-22H2,1-7H3,(H,34,36)(H,37,38)/b24-14+,25-18+. The van der Waals surface area contributed by atoms with E-state index in [9.17, 15) is 19.5 Å². The number of hydrogen-bond acceptors (Lipinski definition) is 5. The number of thioether (sulfide) groups is 1. The highest BCUT2D eigenvalue weighted by atomic mass is 32.2. The van der Waals surface area contributed by atoms with Gasteiger partial charge in [-0.15, -0.1) is 0 Å². The smallest absolute Gasteiger partial charge is 0.411 e. The van der Waals surface area contributed by atoms with Crippen LogP contribution in [0.5, 0.6) is 0 Å². The van der Waals surface area contributed by atoms with Gasteiger partial charge in [-0.05, 0) is 85.3 Å². The topological polar surface area (TPSA) is 95.9 Å². The van der Waals surface area contributed by atoms with Gasteiger partial charge in [-0.25, -0.2) is 9.59 Å². The van der Waals surface area contributed by atoms with Crippen LogP contribution in [0.3, 0.4) is 0 Å². The maximum absolute atomic E-state index is 13.4. The van der Waals surface area contributed by atoms with E-state index in [-0.39, 0.29) is 12.3 Å². The molecule has 0 fully saturated rings. The lowest BCUT2D eigenvalue weighted by atomic mass is 9.93. The summed E-state index contributed by atoms with van der Waals surface area (Å²) in [4.78, 5) is 39.8. The minimum Gasteiger partial charge on any atom is -0.480 e. The summed E-state index contributed by atoms with van der Waals surface area (Å²) in [6.07, 6.45) is 10.5. The molecule has 0 saturated heterocycles. The summed E-state index contributed by atoms with van der Waals surface area (Å²) in [5, 5.41) is 12.5. The minimum absolute atomic E-state index is 0.226. The van der Waals surface area contributed by atoms with Crippen LogP contribution in [0.1, 0.15) is 85.3 Å². The lowest BCUT2D eigenvalue weighted by Crippen LogP contribution is -2.56. The molecule has 0 spiro atoms. The van der Waals surface area contributed by atoms with Crippen molar-refractivity contribution in [2.45, 2.75) is 105 Å². The number of carboxylic acid groups (broad SMARTS) is 1. The molecular formula is C33H48N2O5S. The van der Waals surface area contributed by atoms with Gasteiger partial charge in [-0.1, -0.05) is 59.2 Å². The molecule has 2 atom stereocenters. The molecule has 0 radical (unpaired) electrons. The Balaban J connectivity index is 1.94. The Morgan fingerprint density at radius 3 is 2.24 bits per heavy atom. The van der Waals surface area contributed by atoms with Crippen LogP contribution in [0, 0.1) is 0 Å². The Kier molecular flexibility index (Phi) is 13.7. The average molecular weight is 585 g/mol. The predicted molar refractivity (Wildman–Crippen MR) is 168 cm³/mol. The number of amides is 2. The zero-order chi connectivity index (χ0) is 30.6. The van der Waals surface area contributed by atoms with Gasteiger partial charge in [0.1, 0.15) is 17.7 Å². The number of carbonyl (C=O) groups is 3. The first-order valence-electron chi connectivity index (χ1n) is 14.4. The summed E-state index contributed by atoms with van der Waals surface area (Å²) < 4.78 is 5.57. The quantitative estimate of drug-likeness (QED) is 0.190. The van der Waals surface area contributed by atoms with Crippen molar-refractivity contribution in [2.75, 3.05) is 11.5 Å². The number of nitrogens with one attached hydrogen (secondary N) is 1. The number of carboxylic acids is 1. The first-order valence-corrected chi connectivity index (χ1v) is 15.5. The maximum atomic E-state index is 13.4. The summed E-state index contributed by atoms with van der Waals surface area (Å²) in [7, 11) is 0. The van der Waals surface area contributed by atoms with Crippen molar-refractivity contribution in [3.05, 3.63) is 70.3 Å². The van der Waals surface area contributed by atoms with Crippen molar-refractivity contribution < 1.29 is 24.2 Å². The zero-order valence-electron chi connectivity index (χ0n) is 25.8. The molecule has 226 valence electrons. The summed E-state index contributed by atoms with van der Waals surface area (Å²) in [5.74, 6) is -0.698. The van der Waals surface area contributed by atoms with Gasteiger partial charge in [0.25, 0.3) is 0 Å². The Morgan fingerprint density at radius 2 is 1.63 bits per heavy atom. The van der Waals surface area contributed by atoms with Crippen molar-refractivity contribution in [2.24, 2.45) is 0 Å². The van der Waals surface area contributed by atoms with E-state index in [0.29, 0.717) is 12.2 Å². The van der Waals surface area contributed by atoms with Crippen LogP contribution < -0.4 is 5.32 Å². The lowest BCUT2D eigenvalue weighted by Gasteiger charge is -2.37. The molecule has 0 bridgehead atoms. The Morgan fingerprint density at radius 1 is 1.02 bits per heavy atom. The fourth-order valence-electron chi connectivity index (χ4n) is 4.44. The number of nitrogens with zero attached hydrogens (tertiary/aromatic N) is 1. The summed E-state index contributed by atoms with van der Waals surface area (Å²) in [6, 6.07) is 5.73. The molecule has 8 heteroatoms. The molecular weight excluding hydrogens is 536 g/mol. The van der Waals surface area contributed by atoms with E-state index in [1.807, 2.05) is 24.3 Å². The molecule has 1 aromatic carbocycles. The van der Waals surface area contributed by atoms with Crippen LogP contribution in [0.2, 0.25) is 0 Å². The second-order valence-electron chi connectivity index (χ2n) is 12.0. The highest BCUT2D eigenvalue weighted by Gasteiger charge is 2.38. The third kappa shape index (κ3) is 12.6. The van der Waals surface area contributed by atoms with Gasteiger partial charge in [-0.3, -0.25) is 9.69 Å². The molecule has 0 aliphatic carbocycles. The fourth-order valence-corrected chi connectivity index (χ4v) is 5.44. The van der Waals surface area contributed by atoms with Crippen molar-refractivity contribution >= 4 is 29.7 Å². The number of benzene rings is 1. The number of carbonyl (C=O) groups excluding carboxylic acids is 2. The normalized spacial score (nSPS) is 16.5. The molecule has 2 rings (SSSR count). The molecule has 0 aromatic heterocycles. The highest BCUT2D eigenvalue weighted by Crippen LogP contribution is 2.26. The van der Waals surface area contributed by atoms with Crippen molar-refractivity contribution in [1.82, 2.24) is 10.2 Å². The number of aliphatic carboxylic acids is 1. The largest absolute Gasteiger partial charge is 0.480 e. The molecule has 1 aliphatic rings. The molecule has 1 aromatic rings. The maximum Gasteiger partial charge on any atom is 0.411 e. The number of ether oxygens (including phenoxy) is 1. The van der Waals surface area contributed by atoms with E-state index in [4.69, 9.17) is 4.74 Å². The molecule has 2 unspecified atom stereocenters. The van der Waals surface area contributed by atoms with Crippen LogP contribution in [0.25, 0.3) is 0 Å². The number of allylic oxidation sites excluding steroid dienone is 5.